The van der Waals surface area contributed by atoms with E-state index in [0.717, 1.165) is 6.61 Å². The quantitative estimate of drug-likeness (QED) is 0.635. The van der Waals surface area contributed by atoms with E-state index >= 15 is 0 Å². The van der Waals surface area contributed by atoms with Crippen molar-refractivity contribution in [3.05, 3.63) is 0 Å². The fourth-order valence-corrected chi connectivity index (χ4v) is 5.96. The van der Waals surface area contributed by atoms with Crippen LogP contribution in [0.25, 0.3) is 0 Å². The summed E-state index contributed by atoms with van der Waals surface area (Å²) in [5.41, 5.74) is 1.12. The Morgan fingerprint density at radius 2 is 1.17 bits per heavy atom. The van der Waals surface area contributed by atoms with E-state index in [4.69, 9.17) is 4.74 Å². The van der Waals surface area contributed by atoms with Crippen molar-refractivity contribution in [2.75, 3.05) is 19.7 Å². The summed E-state index contributed by atoms with van der Waals surface area (Å²) in [6, 6.07) is 0. The van der Waals surface area contributed by atoms with E-state index in [9.17, 15) is 0 Å². The van der Waals surface area contributed by atoms with Crippen molar-refractivity contribution in [1.82, 2.24) is 4.90 Å². The average molecular weight is 338 g/mol. The molecule has 142 valence electrons. The largest absolute Gasteiger partial charge is 0.373 e. The highest BCUT2D eigenvalue weighted by atomic mass is 16.5. The Labute approximate surface area is 151 Å². The summed E-state index contributed by atoms with van der Waals surface area (Å²) >= 11 is 0. The number of nitrogens with zero attached hydrogens (tertiary/aromatic N) is 1. The summed E-state index contributed by atoms with van der Waals surface area (Å²) in [6.45, 7) is 29.8. The Kier molecular flexibility index (Phi) is 4.60. The third-order valence-corrected chi connectivity index (χ3v) is 7.80. The Bertz CT molecular complexity index is 442. The minimum Gasteiger partial charge on any atom is -0.373 e. The average Bonchev–Trinajstić information content (AvgIpc) is 2.71. The molecule has 0 amide bonds. The van der Waals surface area contributed by atoms with Crippen LogP contribution in [-0.4, -0.2) is 35.7 Å². The van der Waals surface area contributed by atoms with Gasteiger partial charge in [-0.1, -0.05) is 62.3 Å². The van der Waals surface area contributed by atoms with Crippen LogP contribution in [0.4, 0.5) is 0 Å². The Balaban J connectivity index is 2.34. The van der Waals surface area contributed by atoms with E-state index in [2.05, 4.69) is 81.1 Å². The van der Waals surface area contributed by atoms with Crippen molar-refractivity contribution in [2.45, 2.75) is 100 Å². The lowest BCUT2D eigenvalue weighted by Crippen LogP contribution is -2.77. The second kappa shape index (κ2) is 5.46. The Morgan fingerprint density at radius 3 is 1.46 bits per heavy atom. The minimum absolute atomic E-state index is 0.0536. The first kappa shape index (κ1) is 20.2. The highest BCUT2D eigenvalue weighted by Crippen LogP contribution is 2.61. The predicted molar refractivity (Wildman–Crippen MR) is 104 cm³/mol. The predicted octanol–water partition coefficient (Wildman–Crippen LogP) is 5.75. The zero-order valence-electron chi connectivity index (χ0n) is 18.4. The number of hydrogen-bond acceptors (Lipinski definition) is 2. The van der Waals surface area contributed by atoms with Crippen molar-refractivity contribution in [3.8, 4) is 0 Å². The monoisotopic (exact) mass is 337 g/mol. The first-order valence-electron chi connectivity index (χ1n) is 9.91. The number of likely N-dealkylation sites (tertiary alicyclic amines) is 1. The van der Waals surface area contributed by atoms with Gasteiger partial charge in [-0.25, -0.2) is 0 Å². The molecule has 0 aromatic rings. The molecule has 1 unspecified atom stereocenters. The summed E-state index contributed by atoms with van der Waals surface area (Å²) < 4.78 is 6.52. The molecule has 0 saturated carbocycles. The van der Waals surface area contributed by atoms with Crippen molar-refractivity contribution >= 4 is 0 Å². The lowest BCUT2D eigenvalue weighted by molar-refractivity contribution is -0.242. The lowest BCUT2D eigenvalue weighted by Gasteiger charge is -2.70. The molecule has 0 radical (unpaired) electrons. The summed E-state index contributed by atoms with van der Waals surface area (Å²) in [5, 5.41) is 0. The molecule has 0 spiro atoms. The molecule has 0 bridgehead atoms. The molecule has 0 aliphatic carbocycles. The van der Waals surface area contributed by atoms with Gasteiger partial charge in [0.05, 0.1) is 5.60 Å². The Morgan fingerprint density at radius 1 is 0.708 bits per heavy atom. The van der Waals surface area contributed by atoms with Crippen LogP contribution in [0, 0.1) is 21.7 Å². The molecule has 2 aliphatic rings. The maximum Gasteiger partial charge on any atom is 0.0908 e. The normalized spacial score (nSPS) is 29.6. The molecule has 24 heavy (non-hydrogen) atoms. The van der Waals surface area contributed by atoms with E-state index in [1.165, 1.54) is 25.9 Å². The van der Waals surface area contributed by atoms with Crippen LogP contribution in [-0.2, 0) is 4.74 Å². The van der Waals surface area contributed by atoms with Gasteiger partial charge in [-0.2, -0.15) is 0 Å². The van der Waals surface area contributed by atoms with Gasteiger partial charge in [-0.15, -0.1) is 0 Å². The van der Waals surface area contributed by atoms with Crippen LogP contribution < -0.4 is 0 Å². The minimum atomic E-state index is -0.0536. The van der Waals surface area contributed by atoms with Gasteiger partial charge < -0.3 is 4.74 Å². The SMILES string of the molecule is CC(C)(C)C1(C(C)(C)C)CN(C(C)(C)C2(C(C)(C)C)CCCO2)C1. The summed E-state index contributed by atoms with van der Waals surface area (Å²) in [5.74, 6) is 0. The molecule has 2 aliphatic heterocycles. The van der Waals surface area contributed by atoms with Crippen molar-refractivity contribution in [1.29, 1.82) is 0 Å². The Hall–Kier alpha value is -0.0800. The zero-order valence-corrected chi connectivity index (χ0v) is 18.4. The summed E-state index contributed by atoms with van der Waals surface area (Å²) in [6.07, 6.45) is 2.37. The molecule has 0 aromatic carbocycles. The second-order valence-electron chi connectivity index (χ2n) is 12.0. The van der Waals surface area contributed by atoms with Crippen molar-refractivity contribution in [3.63, 3.8) is 0 Å². The van der Waals surface area contributed by atoms with Gasteiger partial charge in [0.1, 0.15) is 0 Å². The van der Waals surface area contributed by atoms with Crippen molar-refractivity contribution < 1.29 is 4.74 Å². The highest BCUT2D eigenvalue weighted by Gasteiger charge is 2.65. The molecule has 2 saturated heterocycles. The maximum absolute atomic E-state index is 6.52. The third-order valence-electron chi connectivity index (χ3n) is 7.80. The standard InChI is InChI=1S/C22H43NO/c1-17(2,3)21(18(4,5)6)15-23(16-21)20(10,11)22(19(7,8)9)13-12-14-24-22/h12-16H2,1-11H3. The van der Waals surface area contributed by atoms with Gasteiger partial charge in [0, 0.05) is 30.7 Å². The zero-order chi connectivity index (χ0) is 18.8. The third kappa shape index (κ3) is 2.58. The van der Waals surface area contributed by atoms with Gasteiger partial charge in [0.25, 0.3) is 0 Å². The molecule has 2 rings (SSSR count). The van der Waals surface area contributed by atoms with E-state index in [1.54, 1.807) is 0 Å². The van der Waals surface area contributed by atoms with E-state index in [-0.39, 0.29) is 16.6 Å². The molecule has 1 atom stereocenters. The summed E-state index contributed by atoms with van der Waals surface area (Å²) in [7, 11) is 0. The lowest BCUT2D eigenvalue weighted by atomic mass is 9.49. The van der Waals surface area contributed by atoms with Gasteiger partial charge >= 0.3 is 0 Å². The van der Waals surface area contributed by atoms with Crippen LogP contribution in [0.3, 0.4) is 0 Å². The van der Waals surface area contributed by atoms with Crippen LogP contribution in [0.2, 0.25) is 0 Å². The van der Waals surface area contributed by atoms with Crippen LogP contribution >= 0.6 is 0 Å². The molecular formula is C22H43NO. The van der Waals surface area contributed by atoms with E-state index < -0.39 is 0 Å². The van der Waals surface area contributed by atoms with Crippen LogP contribution in [0.5, 0.6) is 0 Å². The molecule has 2 nitrogen and oxygen atoms in total. The van der Waals surface area contributed by atoms with Gasteiger partial charge in [-0.3, -0.25) is 4.90 Å². The van der Waals surface area contributed by atoms with E-state index in [0.29, 0.717) is 16.2 Å². The first-order valence-corrected chi connectivity index (χ1v) is 9.91. The summed E-state index contributed by atoms with van der Waals surface area (Å²) in [4.78, 5) is 2.72. The number of ether oxygens (including phenoxy) is 1. The maximum atomic E-state index is 6.52. The molecule has 2 heteroatoms. The second-order valence-corrected chi connectivity index (χ2v) is 12.0. The molecule has 0 aromatic heterocycles. The van der Waals surface area contributed by atoms with Gasteiger partial charge in [0.2, 0.25) is 0 Å². The fourth-order valence-electron chi connectivity index (χ4n) is 5.96. The molecule has 0 N–H and O–H groups in total. The smallest absolute Gasteiger partial charge is 0.0908 e. The topological polar surface area (TPSA) is 12.5 Å². The van der Waals surface area contributed by atoms with E-state index in [1.807, 2.05) is 0 Å². The van der Waals surface area contributed by atoms with Crippen LogP contribution in [0.1, 0.15) is 89.0 Å². The fraction of sp³-hybridized carbons (Fsp3) is 1.00. The molecule has 2 heterocycles. The number of rotatable bonds is 2. The van der Waals surface area contributed by atoms with Crippen LogP contribution in [0.15, 0.2) is 0 Å². The van der Waals surface area contributed by atoms with Crippen molar-refractivity contribution in [2.24, 2.45) is 21.7 Å². The first-order chi connectivity index (χ1) is 10.5. The highest BCUT2D eigenvalue weighted by molar-refractivity contribution is 5.18. The number of hydrogen-bond donors (Lipinski definition) is 0. The molecular weight excluding hydrogens is 294 g/mol. The van der Waals surface area contributed by atoms with Gasteiger partial charge in [-0.05, 0) is 42.9 Å². The van der Waals surface area contributed by atoms with Gasteiger partial charge in [0.15, 0.2) is 0 Å². The molecule has 2 fully saturated rings.